The molecule has 0 saturated carbocycles. The van der Waals surface area contributed by atoms with Crippen LogP contribution in [0.15, 0.2) is 33.4 Å². The molecule has 1 aromatic heterocycles. The van der Waals surface area contributed by atoms with Crippen LogP contribution in [0.1, 0.15) is 11.1 Å². The average molecular weight is 298 g/mol. The van der Waals surface area contributed by atoms with E-state index in [2.05, 4.69) is 38.9 Å². The van der Waals surface area contributed by atoms with Gasteiger partial charge in [-0.05, 0) is 41.6 Å². The van der Waals surface area contributed by atoms with Crippen LogP contribution in [-0.4, -0.2) is 5.11 Å². The number of aryl methyl sites for hydroxylation is 1. The molecular weight excluding hydrogens is 286 g/mol. The van der Waals surface area contributed by atoms with Crippen LogP contribution in [0.2, 0.25) is 0 Å². The highest BCUT2D eigenvalue weighted by Crippen LogP contribution is 2.24. The number of halogens is 1. The minimum atomic E-state index is 0.294. The second kappa shape index (κ2) is 4.89. The van der Waals surface area contributed by atoms with Crippen LogP contribution in [0.25, 0.3) is 0 Å². The summed E-state index contributed by atoms with van der Waals surface area (Å²) in [7, 11) is 0. The van der Waals surface area contributed by atoms with Crippen LogP contribution >= 0.6 is 27.3 Å². The molecule has 84 valence electrons. The average Bonchev–Trinajstić information content (AvgIpc) is 2.66. The molecule has 4 heteroatoms. The van der Waals surface area contributed by atoms with E-state index < -0.39 is 0 Å². The molecule has 1 aromatic carbocycles. The maximum Gasteiger partial charge on any atom is 0.115 e. The minimum absolute atomic E-state index is 0.294. The lowest BCUT2D eigenvalue weighted by molar-refractivity contribution is 0.474. The van der Waals surface area contributed by atoms with Gasteiger partial charge in [0.1, 0.15) is 5.75 Å². The van der Waals surface area contributed by atoms with Gasteiger partial charge in [0, 0.05) is 22.1 Å². The highest BCUT2D eigenvalue weighted by molar-refractivity contribution is 9.10. The number of benzene rings is 1. The van der Waals surface area contributed by atoms with Crippen molar-refractivity contribution in [2.45, 2.75) is 13.5 Å². The third-order valence-electron chi connectivity index (χ3n) is 2.35. The molecule has 0 aliphatic heterocycles. The van der Waals surface area contributed by atoms with Gasteiger partial charge in [0.2, 0.25) is 0 Å². The Labute approximate surface area is 107 Å². The van der Waals surface area contributed by atoms with Crippen LogP contribution in [-0.2, 0) is 6.54 Å². The zero-order chi connectivity index (χ0) is 11.5. The monoisotopic (exact) mass is 297 g/mol. The van der Waals surface area contributed by atoms with E-state index in [-0.39, 0.29) is 0 Å². The first-order valence-corrected chi connectivity index (χ1v) is 6.64. The fourth-order valence-corrected chi connectivity index (χ4v) is 2.62. The van der Waals surface area contributed by atoms with Crippen molar-refractivity contribution in [3.63, 3.8) is 0 Å². The number of rotatable bonds is 3. The molecule has 0 aliphatic carbocycles. The highest BCUT2D eigenvalue weighted by Gasteiger charge is 2.03. The molecule has 0 fully saturated rings. The van der Waals surface area contributed by atoms with Gasteiger partial charge in [0.25, 0.3) is 0 Å². The largest absolute Gasteiger partial charge is 0.508 e. The molecule has 0 spiro atoms. The molecule has 16 heavy (non-hydrogen) atoms. The summed E-state index contributed by atoms with van der Waals surface area (Å²) in [5, 5.41) is 16.9. The van der Waals surface area contributed by atoms with E-state index in [1.165, 1.54) is 5.56 Å². The van der Waals surface area contributed by atoms with Gasteiger partial charge in [-0.15, -0.1) is 11.3 Å². The van der Waals surface area contributed by atoms with E-state index in [9.17, 15) is 5.11 Å². The number of nitrogens with one attached hydrogen (secondary N) is 1. The number of hydrogen-bond donors (Lipinski definition) is 2. The topological polar surface area (TPSA) is 32.3 Å². The standard InChI is InChI=1S/C12H12BrNOS/c1-8-6-16-7-12(8)14-5-9-4-10(15)2-3-11(9)13/h2-4,6-7,14-15H,5H2,1H3. The zero-order valence-electron chi connectivity index (χ0n) is 8.83. The Bertz CT molecular complexity index is 496. The van der Waals surface area contributed by atoms with Gasteiger partial charge < -0.3 is 10.4 Å². The lowest BCUT2D eigenvalue weighted by Crippen LogP contribution is -2.00. The SMILES string of the molecule is Cc1cscc1NCc1cc(O)ccc1Br. The predicted molar refractivity (Wildman–Crippen MR) is 72.2 cm³/mol. The number of aromatic hydroxyl groups is 1. The zero-order valence-corrected chi connectivity index (χ0v) is 11.2. The van der Waals surface area contributed by atoms with Gasteiger partial charge in [0.15, 0.2) is 0 Å². The molecular formula is C12H12BrNOS. The van der Waals surface area contributed by atoms with E-state index >= 15 is 0 Å². The van der Waals surface area contributed by atoms with Crippen molar-refractivity contribution in [3.05, 3.63) is 44.6 Å². The first-order chi connectivity index (χ1) is 7.66. The summed E-state index contributed by atoms with van der Waals surface area (Å²) in [4.78, 5) is 0. The molecule has 2 rings (SSSR count). The molecule has 0 unspecified atom stereocenters. The fraction of sp³-hybridized carbons (Fsp3) is 0.167. The van der Waals surface area contributed by atoms with Gasteiger partial charge in [-0.3, -0.25) is 0 Å². The second-order valence-corrected chi connectivity index (χ2v) is 5.20. The molecule has 0 bridgehead atoms. The molecule has 0 radical (unpaired) electrons. The van der Waals surface area contributed by atoms with Crippen molar-refractivity contribution in [2.75, 3.05) is 5.32 Å². The summed E-state index contributed by atoms with van der Waals surface area (Å²) in [5.41, 5.74) is 3.45. The van der Waals surface area contributed by atoms with Crippen molar-refractivity contribution < 1.29 is 5.11 Å². The number of phenols is 1. The fourth-order valence-electron chi connectivity index (χ4n) is 1.43. The minimum Gasteiger partial charge on any atom is -0.508 e. The molecule has 2 aromatic rings. The Morgan fingerprint density at radius 3 is 2.88 bits per heavy atom. The van der Waals surface area contributed by atoms with Crippen molar-refractivity contribution in [1.82, 2.24) is 0 Å². The molecule has 0 atom stereocenters. The Balaban J connectivity index is 2.10. The van der Waals surface area contributed by atoms with Crippen LogP contribution in [0, 0.1) is 6.92 Å². The van der Waals surface area contributed by atoms with Crippen LogP contribution in [0.5, 0.6) is 5.75 Å². The second-order valence-electron chi connectivity index (χ2n) is 3.60. The summed E-state index contributed by atoms with van der Waals surface area (Å²) in [5.74, 6) is 0.294. The Kier molecular flexibility index (Phi) is 3.51. The molecule has 0 amide bonds. The Hall–Kier alpha value is -1.00. The quantitative estimate of drug-likeness (QED) is 0.892. The van der Waals surface area contributed by atoms with E-state index in [0.29, 0.717) is 12.3 Å². The first-order valence-electron chi connectivity index (χ1n) is 4.91. The molecule has 0 aliphatic rings. The molecule has 2 nitrogen and oxygen atoms in total. The summed E-state index contributed by atoms with van der Waals surface area (Å²) < 4.78 is 1.01. The van der Waals surface area contributed by atoms with Gasteiger partial charge >= 0.3 is 0 Å². The van der Waals surface area contributed by atoms with Crippen molar-refractivity contribution in [1.29, 1.82) is 0 Å². The maximum absolute atomic E-state index is 9.40. The number of hydrogen-bond acceptors (Lipinski definition) is 3. The van der Waals surface area contributed by atoms with Gasteiger partial charge in [-0.1, -0.05) is 15.9 Å². The maximum atomic E-state index is 9.40. The Morgan fingerprint density at radius 2 is 2.19 bits per heavy atom. The lowest BCUT2D eigenvalue weighted by Gasteiger charge is -2.08. The van der Waals surface area contributed by atoms with Gasteiger partial charge in [-0.25, -0.2) is 0 Å². The van der Waals surface area contributed by atoms with Crippen molar-refractivity contribution in [2.24, 2.45) is 0 Å². The number of phenolic OH excluding ortho intramolecular Hbond substituents is 1. The Morgan fingerprint density at radius 1 is 1.38 bits per heavy atom. The molecule has 2 N–H and O–H groups in total. The van der Waals surface area contributed by atoms with E-state index in [4.69, 9.17) is 0 Å². The smallest absolute Gasteiger partial charge is 0.115 e. The van der Waals surface area contributed by atoms with Crippen molar-refractivity contribution in [3.8, 4) is 5.75 Å². The third kappa shape index (κ3) is 2.57. The van der Waals surface area contributed by atoms with Crippen molar-refractivity contribution >= 4 is 33.0 Å². The number of anilines is 1. The lowest BCUT2D eigenvalue weighted by atomic mass is 10.2. The molecule has 1 heterocycles. The summed E-state index contributed by atoms with van der Waals surface area (Å²) in [6, 6.07) is 5.29. The summed E-state index contributed by atoms with van der Waals surface area (Å²) in [6.07, 6.45) is 0. The van der Waals surface area contributed by atoms with Crippen LogP contribution < -0.4 is 5.32 Å². The summed E-state index contributed by atoms with van der Waals surface area (Å²) in [6.45, 7) is 2.78. The molecule has 0 saturated heterocycles. The van der Waals surface area contributed by atoms with E-state index in [1.807, 2.05) is 6.07 Å². The normalized spacial score (nSPS) is 10.4. The van der Waals surface area contributed by atoms with Crippen LogP contribution in [0.3, 0.4) is 0 Å². The van der Waals surface area contributed by atoms with Crippen LogP contribution in [0.4, 0.5) is 5.69 Å². The first kappa shape index (κ1) is 11.5. The number of thiophene rings is 1. The van der Waals surface area contributed by atoms with E-state index in [0.717, 1.165) is 15.7 Å². The third-order valence-corrected chi connectivity index (χ3v) is 3.99. The predicted octanol–water partition coefficient (Wildman–Crippen LogP) is 4.14. The summed E-state index contributed by atoms with van der Waals surface area (Å²) >= 11 is 5.15. The highest BCUT2D eigenvalue weighted by atomic mass is 79.9. The van der Waals surface area contributed by atoms with E-state index in [1.54, 1.807) is 23.5 Å². The van der Waals surface area contributed by atoms with Gasteiger partial charge in [-0.2, -0.15) is 0 Å². The van der Waals surface area contributed by atoms with Gasteiger partial charge in [0.05, 0.1) is 0 Å².